The van der Waals surface area contributed by atoms with Crippen LogP contribution in [0.4, 0.5) is 5.69 Å². The molecule has 1 fully saturated rings. The molecule has 18 heavy (non-hydrogen) atoms. The van der Waals surface area contributed by atoms with Gasteiger partial charge in [0.25, 0.3) is 0 Å². The average molecular weight is 268 g/mol. The number of aliphatic hydroxyl groups excluding tert-OH is 1. The van der Waals surface area contributed by atoms with Gasteiger partial charge in [-0.05, 0) is 37.5 Å². The van der Waals surface area contributed by atoms with Crippen molar-refractivity contribution < 1.29 is 5.11 Å². The number of halogens is 1. The molecule has 2 nitrogen and oxygen atoms in total. The highest BCUT2D eigenvalue weighted by Crippen LogP contribution is 2.36. The van der Waals surface area contributed by atoms with Crippen LogP contribution in [-0.4, -0.2) is 18.3 Å². The zero-order valence-corrected chi connectivity index (χ0v) is 11.8. The van der Waals surface area contributed by atoms with Gasteiger partial charge in [-0.2, -0.15) is 0 Å². The van der Waals surface area contributed by atoms with Crippen LogP contribution in [0.2, 0.25) is 5.02 Å². The Morgan fingerprint density at radius 1 is 1.28 bits per heavy atom. The highest BCUT2D eigenvalue weighted by Gasteiger charge is 2.31. The lowest BCUT2D eigenvalue weighted by molar-refractivity contribution is 0.0944. The van der Waals surface area contributed by atoms with E-state index in [1.807, 2.05) is 18.2 Å². The molecule has 3 heteroatoms. The van der Waals surface area contributed by atoms with E-state index in [-0.39, 0.29) is 12.0 Å². The molecule has 1 aliphatic carbocycles. The van der Waals surface area contributed by atoms with E-state index < -0.39 is 0 Å². The standard InChI is InChI=1S/C15H22ClNO/c1-12-5-6-13(16)9-14(12)17-10-15(11-18)7-3-2-4-8-15/h5-6,9,17-18H,2-4,7-8,10-11H2,1H3. The first kappa shape index (κ1) is 13.7. The zero-order valence-electron chi connectivity index (χ0n) is 11.0. The molecule has 2 rings (SSSR count). The molecule has 1 aliphatic rings. The van der Waals surface area contributed by atoms with Gasteiger partial charge in [0.05, 0.1) is 6.61 Å². The van der Waals surface area contributed by atoms with E-state index in [4.69, 9.17) is 11.6 Å². The number of hydrogen-bond donors (Lipinski definition) is 2. The van der Waals surface area contributed by atoms with Crippen LogP contribution in [0.15, 0.2) is 18.2 Å². The average Bonchev–Trinajstić information content (AvgIpc) is 2.41. The monoisotopic (exact) mass is 267 g/mol. The number of rotatable bonds is 4. The van der Waals surface area contributed by atoms with Gasteiger partial charge in [-0.3, -0.25) is 0 Å². The summed E-state index contributed by atoms with van der Waals surface area (Å²) >= 11 is 6.02. The normalized spacial score (nSPS) is 18.6. The van der Waals surface area contributed by atoms with Gasteiger partial charge in [-0.25, -0.2) is 0 Å². The maximum Gasteiger partial charge on any atom is 0.0504 e. The second-order valence-electron chi connectivity index (χ2n) is 5.53. The quantitative estimate of drug-likeness (QED) is 0.864. The Kier molecular flexibility index (Phi) is 4.52. The summed E-state index contributed by atoms with van der Waals surface area (Å²) in [4.78, 5) is 0. The number of aliphatic hydroxyl groups is 1. The van der Waals surface area contributed by atoms with Gasteiger partial charge < -0.3 is 10.4 Å². The number of benzene rings is 1. The van der Waals surface area contributed by atoms with Crippen molar-refractivity contribution in [1.29, 1.82) is 0 Å². The molecule has 0 aliphatic heterocycles. The van der Waals surface area contributed by atoms with Crippen molar-refractivity contribution in [3.63, 3.8) is 0 Å². The van der Waals surface area contributed by atoms with Crippen molar-refractivity contribution in [3.8, 4) is 0 Å². The summed E-state index contributed by atoms with van der Waals surface area (Å²) in [7, 11) is 0. The predicted molar refractivity (Wildman–Crippen MR) is 77.3 cm³/mol. The maximum absolute atomic E-state index is 9.68. The topological polar surface area (TPSA) is 32.3 Å². The Labute approximate surface area is 114 Å². The maximum atomic E-state index is 9.68. The molecule has 0 aromatic heterocycles. The van der Waals surface area contributed by atoms with Crippen molar-refractivity contribution >= 4 is 17.3 Å². The SMILES string of the molecule is Cc1ccc(Cl)cc1NCC1(CO)CCCCC1. The molecule has 1 aromatic rings. The third kappa shape index (κ3) is 3.18. The van der Waals surface area contributed by atoms with Gasteiger partial charge in [0.15, 0.2) is 0 Å². The molecule has 0 atom stereocenters. The molecule has 0 spiro atoms. The molecule has 0 amide bonds. The summed E-state index contributed by atoms with van der Waals surface area (Å²) in [5.74, 6) is 0. The van der Waals surface area contributed by atoms with Gasteiger partial charge in [0.2, 0.25) is 0 Å². The first-order chi connectivity index (χ1) is 8.65. The fourth-order valence-corrected chi connectivity index (χ4v) is 2.93. The molecule has 0 heterocycles. The fourth-order valence-electron chi connectivity index (χ4n) is 2.76. The van der Waals surface area contributed by atoms with Crippen LogP contribution in [0, 0.1) is 12.3 Å². The van der Waals surface area contributed by atoms with E-state index in [0.717, 1.165) is 30.1 Å². The highest BCUT2D eigenvalue weighted by molar-refractivity contribution is 6.30. The summed E-state index contributed by atoms with van der Waals surface area (Å²) in [5, 5.41) is 13.9. The fraction of sp³-hybridized carbons (Fsp3) is 0.600. The van der Waals surface area contributed by atoms with Gasteiger partial charge in [0.1, 0.15) is 0 Å². The Morgan fingerprint density at radius 3 is 2.67 bits per heavy atom. The molecular formula is C15H22ClNO. The Balaban J connectivity index is 2.03. The minimum Gasteiger partial charge on any atom is -0.396 e. The van der Waals surface area contributed by atoms with Crippen LogP contribution in [0.25, 0.3) is 0 Å². The van der Waals surface area contributed by atoms with Crippen molar-refractivity contribution in [2.45, 2.75) is 39.0 Å². The van der Waals surface area contributed by atoms with Crippen LogP contribution in [-0.2, 0) is 0 Å². The molecule has 1 aromatic carbocycles. The lowest BCUT2D eigenvalue weighted by atomic mass is 9.74. The van der Waals surface area contributed by atoms with Gasteiger partial charge >= 0.3 is 0 Å². The lowest BCUT2D eigenvalue weighted by Crippen LogP contribution is -2.35. The Hall–Kier alpha value is -0.730. The van der Waals surface area contributed by atoms with Crippen LogP contribution in [0.3, 0.4) is 0 Å². The lowest BCUT2D eigenvalue weighted by Gasteiger charge is -2.36. The first-order valence-corrected chi connectivity index (χ1v) is 7.14. The number of hydrogen-bond acceptors (Lipinski definition) is 2. The van der Waals surface area contributed by atoms with E-state index in [1.54, 1.807) is 0 Å². The summed E-state index contributed by atoms with van der Waals surface area (Å²) in [6.45, 7) is 3.19. The smallest absolute Gasteiger partial charge is 0.0504 e. The van der Waals surface area contributed by atoms with Gasteiger partial charge in [0, 0.05) is 22.7 Å². The summed E-state index contributed by atoms with van der Waals surface area (Å²) in [5.41, 5.74) is 2.34. The molecule has 0 unspecified atom stereocenters. The van der Waals surface area contributed by atoms with Crippen molar-refractivity contribution in [2.24, 2.45) is 5.41 Å². The number of anilines is 1. The second-order valence-corrected chi connectivity index (χ2v) is 5.97. The number of aryl methyl sites for hydroxylation is 1. The predicted octanol–water partition coefficient (Wildman–Crippen LogP) is 4.00. The summed E-state index contributed by atoms with van der Waals surface area (Å²) < 4.78 is 0. The summed E-state index contributed by atoms with van der Waals surface area (Å²) in [6.07, 6.45) is 6.01. The second kappa shape index (κ2) is 5.94. The van der Waals surface area contributed by atoms with Crippen LogP contribution in [0.5, 0.6) is 0 Å². The van der Waals surface area contributed by atoms with Crippen molar-refractivity contribution in [1.82, 2.24) is 0 Å². The van der Waals surface area contributed by atoms with Gasteiger partial charge in [-0.15, -0.1) is 0 Å². The van der Waals surface area contributed by atoms with E-state index in [0.29, 0.717) is 0 Å². The minimum absolute atomic E-state index is 0.0625. The van der Waals surface area contributed by atoms with Crippen LogP contribution < -0.4 is 5.32 Å². The third-order valence-electron chi connectivity index (χ3n) is 4.10. The molecule has 0 radical (unpaired) electrons. The minimum atomic E-state index is 0.0625. The third-order valence-corrected chi connectivity index (χ3v) is 4.34. The Morgan fingerprint density at radius 2 is 2.00 bits per heavy atom. The first-order valence-electron chi connectivity index (χ1n) is 6.76. The molecular weight excluding hydrogens is 246 g/mol. The van der Waals surface area contributed by atoms with E-state index in [2.05, 4.69) is 12.2 Å². The zero-order chi connectivity index (χ0) is 13.0. The van der Waals surface area contributed by atoms with E-state index in [1.165, 1.54) is 24.8 Å². The highest BCUT2D eigenvalue weighted by atomic mass is 35.5. The van der Waals surface area contributed by atoms with Crippen LogP contribution >= 0.6 is 11.6 Å². The summed E-state index contributed by atoms with van der Waals surface area (Å²) in [6, 6.07) is 5.90. The molecule has 1 saturated carbocycles. The molecule has 100 valence electrons. The largest absolute Gasteiger partial charge is 0.396 e. The van der Waals surface area contributed by atoms with Crippen molar-refractivity contribution in [3.05, 3.63) is 28.8 Å². The molecule has 2 N–H and O–H groups in total. The Bertz CT molecular complexity index is 399. The van der Waals surface area contributed by atoms with E-state index in [9.17, 15) is 5.11 Å². The number of nitrogens with one attached hydrogen (secondary N) is 1. The van der Waals surface area contributed by atoms with Crippen LogP contribution in [0.1, 0.15) is 37.7 Å². The van der Waals surface area contributed by atoms with Gasteiger partial charge in [-0.1, -0.05) is 36.9 Å². The molecule has 0 bridgehead atoms. The van der Waals surface area contributed by atoms with E-state index >= 15 is 0 Å². The van der Waals surface area contributed by atoms with Crippen molar-refractivity contribution in [2.75, 3.05) is 18.5 Å². The molecule has 0 saturated heterocycles.